The van der Waals surface area contributed by atoms with Crippen molar-refractivity contribution in [2.45, 2.75) is 77.9 Å². The van der Waals surface area contributed by atoms with Crippen molar-refractivity contribution >= 4 is 29.8 Å². The third-order valence-electron chi connectivity index (χ3n) is 7.57. The van der Waals surface area contributed by atoms with E-state index >= 15 is 0 Å². The summed E-state index contributed by atoms with van der Waals surface area (Å²) in [5.74, 6) is -1.32. The number of carbonyl (C=O) groups excluding carboxylic acids is 5. The van der Waals surface area contributed by atoms with E-state index in [1.165, 1.54) is 0 Å². The Bertz CT molecular complexity index is 1080. The van der Waals surface area contributed by atoms with Gasteiger partial charge in [-0.15, -0.1) is 0 Å². The van der Waals surface area contributed by atoms with Crippen molar-refractivity contribution in [2.75, 3.05) is 39.3 Å². The van der Waals surface area contributed by atoms with E-state index in [-0.39, 0.29) is 31.1 Å². The van der Waals surface area contributed by atoms with Crippen molar-refractivity contribution in [2.24, 2.45) is 11.8 Å². The smallest absolute Gasteiger partial charge is 0.410 e. The first-order chi connectivity index (χ1) is 20.0. The molecular formula is C31H46N4O7. The van der Waals surface area contributed by atoms with Crippen LogP contribution in [0.5, 0.6) is 0 Å². The molecule has 11 nitrogen and oxygen atoms in total. The van der Waals surface area contributed by atoms with Crippen LogP contribution in [0.15, 0.2) is 30.3 Å². The standard InChI is InChI=1S/C31H46N4O7/c1-5-41-29(39)25(33-28(38)23-10-7-6-8-11-23)20-32-27(37)24-12-9-17-35(21-24)26(36)14-13-22-15-18-34(19-16-22)30(40)42-31(2,3)4/h6-8,10-11,22,24-25H,5,9,12-21H2,1-4H3,(H,32,37)(H,33,38)/t24-,25?/m1/s1. The van der Waals surface area contributed by atoms with Gasteiger partial charge >= 0.3 is 12.1 Å². The molecule has 2 heterocycles. The van der Waals surface area contributed by atoms with Gasteiger partial charge in [-0.1, -0.05) is 18.2 Å². The van der Waals surface area contributed by atoms with Crippen LogP contribution >= 0.6 is 0 Å². The maximum Gasteiger partial charge on any atom is 0.410 e. The number of hydrogen-bond donors (Lipinski definition) is 2. The third-order valence-corrected chi connectivity index (χ3v) is 7.57. The highest BCUT2D eigenvalue weighted by molar-refractivity contribution is 5.97. The number of benzene rings is 1. The summed E-state index contributed by atoms with van der Waals surface area (Å²) in [4.78, 5) is 66.9. The van der Waals surface area contributed by atoms with E-state index in [2.05, 4.69) is 10.6 Å². The number of ether oxygens (including phenoxy) is 2. The summed E-state index contributed by atoms with van der Waals surface area (Å²) in [7, 11) is 0. The van der Waals surface area contributed by atoms with Crippen LogP contribution in [0.25, 0.3) is 0 Å². The Hall–Kier alpha value is -3.63. The summed E-state index contributed by atoms with van der Waals surface area (Å²) in [6.45, 7) is 9.44. The second-order valence-corrected chi connectivity index (χ2v) is 12.0. The Labute approximate surface area is 248 Å². The molecule has 0 radical (unpaired) electrons. The highest BCUT2D eigenvalue weighted by atomic mass is 16.6. The van der Waals surface area contributed by atoms with Crippen molar-refractivity contribution in [3.05, 3.63) is 35.9 Å². The van der Waals surface area contributed by atoms with Gasteiger partial charge in [0.05, 0.1) is 12.5 Å². The van der Waals surface area contributed by atoms with E-state index in [0.717, 1.165) is 19.3 Å². The molecular weight excluding hydrogens is 540 g/mol. The predicted molar refractivity (Wildman–Crippen MR) is 156 cm³/mol. The number of amides is 4. The van der Waals surface area contributed by atoms with E-state index in [4.69, 9.17) is 9.47 Å². The van der Waals surface area contributed by atoms with Gasteiger partial charge in [-0.25, -0.2) is 9.59 Å². The first kappa shape index (κ1) is 32.9. The van der Waals surface area contributed by atoms with Crippen molar-refractivity contribution in [3.8, 4) is 0 Å². The molecule has 232 valence electrons. The molecule has 4 amide bonds. The van der Waals surface area contributed by atoms with Gasteiger partial charge in [0.2, 0.25) is 11.8 Å². The monoisotopic (exact) mass is 586 g/mol. The van der Waals surface area contributed by atoms with Crippen LogP contribution in [0.3, 0.4) is 0 Å². The maximum atomic E-state index is 13.0. The van der Waals surface area contributed by atoms with E-state index in [9.17, 15) is 24.0 Å². The average molecular weight is 587 g/mol. The predicted octanol–water partition coefficient (Wildman–Crippen LogP) is 3.13. The third kappa shape index (κ3) is 10.3. The molecule has 0 saturated carbocycles. The van der Waals surface area contributed by atoms with Crippen LogP contribution in [0.2, 0.25) is 0 Å². The highest BCUT2D eigenvalue weighted by Crippen LogP contribution is 2.25. The largest absolute Gasteiger partial charge is 0.464 e. The molecule has 2 aliphatic rings. The van der Waals surface area contributed by atoms with Gasteiger partial charge in [0, 0.05) is 44.7 Å². The van der Waals surface area contributed by atoms with Crippen molar-refractivity contribution in [1.29, 1.82) is 0 Å². The Balaban J connectivity index is 1.44. The molecule has 2 fully saturated rings. The lowest BCUT2D eigenvalue weighted by molar-refractivity contribution is -0.145. The van der Waals surface area contributed by atoms with Crippen LogP contribution in [0.4, 0.5) is 4.79 Å². The molecule has 0 spiro atoms. The average Bonchev–Trinajstić information content (AvgIpc) is 2.97. The summed E-state index contributed by atoms with van der Waals surface area (Å²) >= 11 is 0. The van der Waals surface area contributed by atoms with Crippen LogP contribution in [-0.4, -0.2) is 90.6 Å². The molecule has 11 heteroatoms. The van der Waals surface area contributed by atoms with Crippen molar-refractivity contribution < 1.29 is 33.4 Å². The lowest BCUT2D eigenvalue weighted by atomic mass is 9.91. The fraction of sp³-hybridized carbons (Fsp3) is 0.645. The first-order valence-corrected chi connectivity index (χ1v) is 15.0. The van der Waals surface area contributed by atoms with Crippen molar-refractivity contribution in [3.63, 3.8) is 0 Å². The van der Waals surface area contributed by atoms with Crippen LogP contribution in [-0.2, 0) is 23.9 Å². The summed E-state index contributed by atoms with van der Waals surface area (Å²) in [5.41, 5.74) is -0.127. The Morgan fingerprint density at radius 3 is 2.31 bits per heavy atom. The first-order valence-electron chi connectivity index (χ1n) is 15.0. The number of esters is 1. The van der Waals surface area contributed by atoms with Gasteiger partial charge in [-0.05, 0) is 77.8 Å². The number of carbonyl (C=O) groups is 5. The van der Waals surface area contributed by atoms with E-state index in [0.29, 0.717) is 56.9 Å². The molecule has 1 unspecified atom stereocenters. The SMILES string of the molecule is CCOC(=O)C(CNC(=O)[C@@H]1CCCN(C(=O)CCC2CCN(C(=O)OC(C)(C)C)CC2)C1)NC(=O)c1ccccc1. The number of nitrogens with zero attached hydrogens (tertiary/aromatic N) is 2. The molecule has 0 aromatic heterocycles. The quantitative estimate of drug-likeness (QED) is 0.402. The number of likely N-dealkylation sites (tertiary alicyclic amines) is 2. The number of hydrogen-bond acceptors (Lipinski definition) is 7. The number of rotatable bonds is 10. The second-order valence-electron chi connectivity index (χ2n) is 12.0. The minimum atomic E-state index is -1.04. The van der Waals surface area contributed by atoms with Gasteiger partial charge in [-0.2, -0.15) is 0 Å². The van der Waals surface area contributed by atoms with E-state index < -0.39 is 29.4 Å². The molecule has 2 aliphatic heterocycles. The summed E-state index contributed by atoms with van der Waals surface area (Å²) in [6, 6.07) is 7.47. The Kier molecular flexibility index (Phi) is 12.2. The van der Waals surface area contributed by atoms with Crippen LogP contribution in [0, 0.1) is 11.8 Å². The van der Waals surface area contributed by atoms with Gasteiger partial charge in [0.15, 0.2) is 0 Å². The molecule has 1 aromatic rings. The maximum absolute atomic E-state index is 13.0. The Morgan fingerprint density at radius 1 is 0.976 bits per heavy atom. The topological polar surface area (TPSA) is 134 Å². The van der Waals surface area contributed by atoms with Crippen LogP contribution < -0.4 is 10.6 Å². The van der Waals surface area contributed by atoms with Gasteiger partial charge < -0.3 is 29.9 Å². The minimum Gasteiger partial charge on any atom is -0.464 e. The normalized spacial score (nSPS) is 18.5. The van der Waals surface area contributed by atoms with E-state index in [1.54, 1.807) is 47.1 Å². The molecule has 2 saturated heterocycles. The molecule has 1 aromatic carbocycles. The molecule has 0 aliphatic carbocycles. The van der Waals surface area contributed by atoms with Crippen LogP contribution in [0.1, 0.15) is 76.6 Å². The summed E-state index contributed by atoms with van der Waals surface area (Å²) in [6.07, 6.45) is 3.88. The van der Waals surface area contributed by atoms with E-state index in [1.807, 2.05) is 20.8 Å². The summed E-state index contributed by atoms with van der Waals surface area (Å²) < 4.78 is 10.6. The zero-order chi connectivity index (χ0) is 30.7. The lowest BCUT2D eigenvalue weighted by Gasteiger charge is -2.34. The molecule has 42 heavy (non-hydrogen) atoms. The zero-order valence-corrected chi connectivity index (χ0v) is 25.4. The Morgan fingerprint density at radius 2 is 1.67 bits per heavy atom. The number of piperidine rings is 2. The second kappa shape index (κ2) is 15.6. The minimum absolute atomic E-state index is 0.0293. The zero-order valence-electron chi connectivity index (χ0n) is 25.4. The fourth-order valence-corrected chi connectivity index (χ4v) is 5.25. The van der Waals surface area contributed by atoms with Gasteiger partial charge in [-0.3, -0.25) is 14.4 Å². The van der Waals surface area contributed by atoms with Gasteiger partial charge in [0.1, 0.15) is 11.6 Å². The van der Waals surface area contributed by atoms with Crippen molar-refractivity contribution in [1.82, 2.24) is 20.4 Å². The molecule has 2 N–H and O–H groups in total. The van der Waals surface area contributed by atoms with Gasteiger partial charge in [0.25, 0.3) is 5.91 Å². The number of nitrogens with one attached hydrogen (secondary N) is 2. The lowest BCUT2D eigenvalue weighted by Crippen LogP contribution is -2.51. The molecule has 3 rings (SSSR count). The molecule has 2 atom stereocenters. The molecule has 0 bridgehead atoms. The highest BCUT2D eigenvalue weighted by Gasteiger charge is 2.31. The summed E-state index contributed by atoms with van der Waals surface area (Å²) in [5, 5.41) is 5.43. The fourth-order valence-electron chi connectivity index (χ4n) is 5.25.